The Bertz CT molecular complexity index is 324. The summed E-state index contributed by atoms with van der Waals surface area (Å²) < 4.78 is 0. The monoisotopic (exact) mass is 237 g/mol. The van der Waals surface area contributed by atoms with Gasteiger partial charge in [-0.1, -0.05) is 0 Å². The van der Waals surface area contributed by atoms with Crippen LogP contribution in [0.15, 0.2) is 12.3 Å². The van der Waals surface area contributed by atoms with Crippen LogP contribution in [0.5, 0.6) is 0 Å². The molecule has 1 aromatic rings. The van der Waals surface area contributed by atoms with Gasteiger partial charge in [0.2, 0.25) is 5.95 Å². The van der Waals surface area contributed by atoms with Gasteiger partial charge in [-0.3, -0.25) is 0 Å². The number of rotatable bonds is 7. The molecule has 5 heteroatoms. The lowest BCUT2D eigenvalue weighted by Crippen LogP contribution is -2.17. The smallest absolute Gasteiger partial charge is 0.224 e. The molecule has 17 heavy (non-hydrogen) atoms. The van der Waals surface area contributed by atoms with E-state index in [1.165, 1.54) is 0 Å². The molecule has 0 bridgehead atoms. The standard InChI is InChI=1S/C12H23N5/c1-10(2)15-12-14-8-6-11(16-12)13-7-5-9-17(3)4/h6,8,10H,5,7,9H2,1-4H3,(H2,13,14,15,16). The largest absolute Gasteiger partial charge is 0.370 e. The van der Waals surface area contributed by atoms with Gasteiger partial charge in [0.05, 0.1) is 0 Å². The van der Waals surface area contributed by atoms with E-state index in [-0.39, 0.29) is 0 Å². The molecule has 96 valence electrons. The molecular formula is C12H23N5. The Morgan fingerprint density at radius 3 is 2.76 bits per heavy atom. The SMILES string of the molecule is CC(C)Nc1nccc(NCCCN(C)C)n1. The van der Waals surface area contributed by atoms with E-state index < -0.39 is 0 Å². The number of hydrogen-bond acceptors (Lipinski definition) is 5. The summed E-state index contributed by atoms with van der Waals surface area (Å²) in [4.78, 5) is 10.7. The van der Waals surface area contributed by atoms with E-state index in [9.17, 15) is 0 Å². The maximum absolute atomic E-state index is 4.38. The van der Waals surface area contributed by atoms with Gasteiger partial charge in [-0.15, -0.1) is 0 Å². The van der Waals surface area contributed by atoms with E-state index in [0.29, 0.717) is 12.0 Å². The zero-order valence-corrected chi connectivity index (χ0v) is 11.2. The van der Waals surface area contributed by atoms with Crippen molar-refractivity contribution in [3.63, 3.8) is 0 Å². The Morgan fingerprint density at radius 1 is 1.35 bits per heavy atom. The number of nitrogens with zero attached hydrogens (tertiary/aromatic N) is 3. The van der Waals surface area contributed by atoms with Crippen LogP contribution in [0.25, 0.3) is 0 Å². The molecule has 0 saturated carbocycles. The predicted octanol–water partition coefficient (Wildman–Crippen LogP) is 1.66. The minimum absolute atomic E-state index is 0.346. The molecule has 0 saturated heterocycles. The molecule has 5 nitrogen and oxygen atoms in total. The highest BCUT2D eigenvalue weighted by atomic mass is 15.1. The van der Waals surface area contributed by atoms with Gasteiger partial charge in [-0.25, -0.2) is 4.98 Å². The van der Waals surface area contributed by atoms with Crippen LogP contribution in [-0.2, 0) is 0 Å². The summed E-state index contributed by atoms with van der Waals surface area (Å²) in [7, 11) is 4.16. The average Bonchev–Trinajstić information content (AvgIpc) is 2.24. The molecule has 0 atom stereocenters. The molecule has 0 aliphatic heterocycles. The van der Waals surface area contributed by atoms with Crippen LogP contribution < -0.4 is 10.6 Å². The maximum atomic E-state index is 4.38. The summed E-state index contributed by atoms with van der Waals surface area (Å²) in [6, 6.07) is 2.24. The molecule has 0 spiro atoms. The van der Waals surface area contributed by atoms with Crippen LogP contribution in [0.2, 0.25) is 0 Å². The van der Waals surface area contributed by atoms with Crippen molar-refractivity contribution < 1.29 is 0 Å². The summed E-state index contributed by atoms with van der Waals surface area (Å²) in [6.07, 6.45) is 2.87. The number of aromatic nitrogens is 2. The summed E-state index contributed by atoms with van der Waals surface area (Å²) in [5.41, 5.74) is 0. The minimum atomic E-state index is 0.346. The molecule has 1 heterocycles. The van der Waals surface area contributed by atoms with Crippen LogP contribution in [0.4, 0.5) is 11.8 Å². The van der Waals surface area contributed by atoms with Gasteiger partial charge < -0.3 is 15.5 Å². The highest BCUT2D eigenvalue weighted by molar-refractivity contribution is 5.39. The quantitative estimate of drug-likeness (QED) is 0.706. The highest BCUT2D eigenvalue weighted by Crippen LogP contribution is 2.06. The fourth-order valence-electron chi connectivity index (χ4n) is 1.40. The normalized spacial score (nSPS) is 10.9. The Kier molecular flexibility index (Phi) is 5.69. The lowest BCUT2D eigenvalue weighted by atomic mass is 10.4. The topological polar surface area (TPSA) is 53.1 Å². The van der Waals surface area contributed by atoms with E-state index in [4.69, 9.17) is 0 Å². The fourth-order valence-corrected chi connectivity index (χ4v) is 1.40. The van der Waals surface area contributed by atoms with Crippen molar-refractivity contribution in [3.05, 3.63) is 12.3 Å². The highest BCUT2D eigenvalue weighted by Gasteiger charge is 2.00. The van der Waals surface area contributed by atoms with Crippen molar-refractivity contribution in [2.45, 2.75) is 26.3 Å². The summed E-state index contributed by atoms with van der Waals surface area (Å²) in [5.74, 6) is 1.56. The van der Waals surface area contributed by atoms with Gasteiger partial charge in [0.25, 0.3) is 0 Å². The first-order valence-corrected chi connectivity index (χ1v) is 6.06. The number of anilines is 2. The van der Waals surface area contributed by atoms with Crippen LogP contribution in [0, 0.1) is 0 Å². The van der Waals surface area contributed by atoms with Gasteiger partial charge in [0, 0.05) is 18.8 Å². The number of nitrogens with one attached hydrogen (secondary N) is 2. The molecule has 0 amide bonds. The molecule has 0 aromatic carbocycles. The molecule has 0 aliphatic rings. The van der Waals surface area contributed by atoms with Gasteiger partial charge >= 0.3 is 0 Å². The number of hydrogen-bond donors (Lipinski definition) is 2. The van der Waals surface area contributed by atoms with Crippen molar-refractivity contribution in [1.29, 1.82) is 0 Å². The zero-order valence-electron chi connectivity index (χ0n) is 11.2. The van der Waals surface area contributed by atoms with Crippen molar-refractivity contribution in [3.8, 4) is 0 Å². The summed E-state index contributed by atoms with van der Waals surface area (Å²) >= 11 is 0. The first-order chi connectivity index (χ1) is 8.08. The van der Waals surface area contributed by atoms with Gasteiger partial charge in [0.15, 0.2) is 0 Å². The van der Waals surface area contributed by atoms with E-state index in [2.05, 4.69) is 53.4 Å². The zero-order chi connectivity index (χ0) is 12.7. The first kappa shape index (κ1) is 13.7. The molecule has 0 aliphatic carbocycles. The Labute approximate surface area is 104 Å². The Morgan fingerprint density at radius 2 is 2.12 bits per heavy atom. The maximum Gasteiger partial charge on any atom is 0.224 e. The molecule has 1 rings (SSSR count). The van der Waals surface area contributed by atoms with Crippen LogP contribution in [0.1, 0.15) is 20.3 Å². The van der Waals surface area contributed by atoms with E-state index in [0.717, 1.165) is 25.3 Å². The third-order valence-electron chi connectivity index (χ3n) is 2.16. The van der Waals surface area contributed by atoms with Crippen molar-refractivity contribution in [2.24, 2.45) is 0 Å². The minimum Gasteiger partial charge on any atom is -0.370 e. The Balaban J connectivity index is 2.37. The molecule has 0 fully saturated rings. The fraction of sp³-hybridized carbons (Fsp3) is 0.667. The third-order valence-corrected chi connectivity index (χ3v) is 2.16. The second-order valence-electron chi connectivity index (χ2n) is 4.65. The molecule has 0 unspecified atom stereocenters. The molecule has 1 aromatic heterocycles. The van der Waals surface area contributed by atoms with Gasteiger partial charge in [-0.05, 0) is 47.0 Å². The first-order valence-electron chi connectivity index (χ1n) is 6.06. The van der Waals surface area contributed by atoms with Crippen LogP contribution in [0.3, 0.4) is 0 Å². The summed E-state index contributed by atoms with van der Waals surface area (Å²) in [6.45, 7) is 6.15. The summed E-state index contributed by atoms with van der Waals surface area (Å²) in [5, 5.41) is 6.48. The molecule has 0 radical (unpaired) electrons. The second-order valence-corrected chi connectivity index (χ2v) is 4.65. The lowest BCUT2D eigenvalue weighted by Gasteiger charge is -2.11. The molecular weight excluding hydrogens is 214 g/mol. The third kappa shape index (κ3) is 6.06. The van der Waals surface area contributed by atoms with Crippen LogP contribution in [-0.4, -0.2) is 48.1 Å². The lowest BCUT2D eigenvalue weighted by molar-refractivity contribution is 0.405. The Hall–Kier alpha value is -1.36. The van der Waals surface area contributed by atoms with Crippen LogP contribution >= 0.6 is 0 Å². The predicted molar refractivity (Wildman–Crippen MR) is 72.5 cm³/mol. The van der Waals surface area contributed by atoms with E-state index in [1.807, 2.05) is 6.07 Å². The van der Waals surface area contributed by atoms with Crippen molar-refractivity contribution >= 4 is 11.8 Å². The second kappa shape index (κ2) is 7.06. The van der Waals surface area contributed by atoms with Gasteiger partial charge in [0.1, 0.15) is 5.82 Å². The van der Waals surface area contributed by atoms with E-state index >= 15 is 0 Å². The van der Waals surface area contributed by atoms with Crippen molar-refractivity contribution in [2.75, 3.05) is 37.8 Å². The molecule has 2 N–H and O–H groups in total. The van der Waals surface area contributed by atoms with Gasteiger partial charge in [-0.2, -0.15) is 4.98 Å². The van der Waals surface area contributed by atoms with E-state index in [1.54, 1.807) is 6.20 Å². The average molecular weight is 237 g/mol. The van der Waals surface area contributed by atoms with Crippen molar-refractivity contribution in [1.82, 2.24) is 14.9 Å².